The highest BCUT2D eigenvalue weighted by Crippen LogP contribution is 2.23. The number of amides is 1. The van der Waals surface area contributed by atoms with Gasteiger partial charge in [-0.1, -0.05) is 77.6 Å². The smallest absolute Gasteiger partial charge is 0.290 e. The molecule has 0 unspecified atom stereocenters. The summed E-state index contributed by atoms with van der Waals surface area (Å²) in [7, 11) is 0. The summed E-state index contributed by atoms with van der Waals surface area (Å²) in [5, 5.41) is 0. The van der Waals surface area contributed by atoms with Crippen LogP contribution in [0.15, 0.2) is 0 Å². The van der Waals surface area contributed by atoms with Gasteiger partial charge in [-0.15, -0.1) is 0 Å². The van der Waals surface area contributed by atoms with Crippen molar-refractivity contribution < 1.29 is 9.59 Å². The summed E-state index contributed by atoms with van der Waals surface area (Å²) in [6, 6.07) is 0. The minimum Gasteiger partial charge on any atom is -0.331 e. The molecule has 0 rings (SSSR count). The van der Waals surface area contributed by atoms with Crippen LogP contribution in [0.4, 0.5) is 0 Å². The van der Waals surface area contributed by atoms with Crippen molar-refractivity contribution in [3.8, 4) is 0 Å². The van der Waals surface area contributed by atoms with E-state index >= 15 is 0 Å². The van der Waals surface area contributed by atoms with E-state index in [1.165, 1.54) is 71.1 Å². The molecule has 0 aromatic heterocycles. The fourth-order valence-corrected chi connectivity index (χ4v) is 3.39. The number of hydrogen-bond acceptors (Lipinski definition) is 2. The molecule has 0 spiro atoms. The Morgan fingerprint density at radius 2 is 1.17 bits per heavy atom. The van der Waals surface area contributed by atoms with Crippen LogP contribution in [0.1, 0.15) is 112 Å². The average Bonchev–Trinajstić information content (AvgIpc) is 2.52. The van der Waals surface area contributed by atoms with Crippen molar-refractivity contribution >= 4 is 11.7 Å². The molecule has 0 aliphatic rings. The monoisotopic (exact) mass is 339 g/mol. The number of carbonyl (C=O) groups is 2. The van der Waals surface area contributed by atoms with E-state index in [0.717, 1.165) is 12.8 Å². The first-order chi connectivity index (χ1) is 11.4. The van der Waals surface area contributed by atoms with Gasteiger partial charge in [0, 0.05) is 19.0 Å². The van der Waals surface area contributed by atoms with Crippen molar-refractivity contribution in [2.45, 2.75) is 117 Å². The van der Waals surface area contributed by atoms with Gasteiger partial charge in [-0.25, -0.2) is 0 Å². The molecule has 1 amide bonds. The summed E-state index contributed by atoms with van der Waals surface area (Å²) in [5.41, 5.74) is -0.225. The molecule has 0 fully saturated rings. The third-order valence-corrected chi connectivity index (χ3v) is 4.99. The number of rotatable bonds is 15. The highest BCUT2D eigenvalue weighted by atomic mass is 16.2. The highest BCUT2D eigenvalue weighted by molar-refractivity contribution is 6.35. The zero-order chi connectivity index (χ0) is 18.4. The van der Waals surface area contributed by atoms with Crippen molar-refractivity contribution in [1.29, 1.82) is 0 Å². The van der Waals surface area contributed by atoms with Crippen LogP contribution in [0.5, 0.6) is 0 Å². The number of likely N-dealkylation sites (N-methyl/N-ethyl adjacent to an activating group) is 1. The van der Waals surface area contributed by atoms with E-state index in [0.29, 0.717) is 6.54 Å². The van der Waals surface area contributed by atoms with Crippen LogP contribution < -0.4 is 0 Å². The van der Waals surface area contributed by atoms with Crippen LogP contribution in [-0.4, -0.2) is 28.7 Å². The van der Waals surface area contributed by atoms with Gasteiger partial charge in [0.05, 0.1) is 0 Å². The molecule has 0 saturated heterocycles. The van der Waals surface area contributed by atoms with Gasteiger partial charge in [0.25, 0.3) is 5.91 Å². The highest BCUT2D eigenvalue weighted by Gasteiger charge is 2.30. The van der Waals surface area contributed by atoms with Gasteiger partial charge >= 0.3 is 0 Å². The van der Waals surface area contributed by atoms with Crippen molar-refractivity contribution in [3.63, 3.8) is 0 Å². The first-order valence-electron chi connectivity index (χ1n) is 10.2. The maximum Gasteiger partial charge on any atom is 0.290 e. The quantitative estimate of drug-likeness (QED) is 0.275. The second-order valence-corrected chi connectivity index (χ2v) is 7.70. The van der Waals surface area contributed by atoms with Crippen LogP contribution in [0.25, 0.3) is 0 Å². The molecule has 3 heteroatoms. The van der Waals surface area contributed by atoms with Crippen LogP contribution in [0.3, 0.4) is 0 Å². The summed E-state index contributed by atoms with van der Waals surface area (Å²) in [6.45, 7) is 10.3. The Balaban J connectivity index is 3.78. The SMILES string of the molecule is CCCCCCCCCCCCCC(C)(C)N(CC)C(=O)C(C)=O. The normalized spacial score (nSPS) is 11.5. The lowest BCUT2D eigenvalue weighted by atomic mass is 9.93. The van der Waals surface area contributed by atoms with Crippen molar-refractivity contribution in [1.82, 2.24) is 4.90 Å². The standard InChI is InChI=1S/C21H41NO2/c1-6-8-9-10-11-12-13-14-15-16-17-18-21(4,5)22(7-2)20(24)19(3)23/h6-18H2,1-5H3. The van der Waals surface area contributed by atoms with Gasteiger partial charge in [0.15, 0.2) is 0 Å². The molecule has 3 nitrogen and oxygen atoms in total. The average molecular weight is 340 g/mol. The summed E-state index contributed by atoms with van der Waals surface area (Å²) >= 11 is 0. The molecular formula is C21H41NO2. The molecule has 24 heavy (non-hydrogen) atoms. The molecular weight excluding hydrogens is 298 g/mol. The zero-order valence-electron chi connectivity index (χ0n) is 17.0. The van der Waals surface area contributed by atoms with E-state index in [1.54, 1.807) is 4.90 Å². The Labute approximate surface area is 150 Å². The lowest BCUT2D eigenvalue weighted by molar-refractivity contribution is -0.147. The Hall–Kier alpha value is -0.860. The topological polar surface area (TPSA) is 37.4 Å². The third-order valence-electron chi connectivity index (χ3n) is 4.99. The number of Topliss-reactive ketones (excluding diaryl/α,β-unsaturated/α-hetero) is 1. The Morgan fingerprint density at radius 3 is 1.54 bits per heavy atom. The maximum absolute atomic E-state index is 12.0. The molecule has 0 bridgehead atoms. The summed E-state index contributed by atoms with van der Waals surface area (Å²) in [5.74, 6) is -0.700. The molecule has 0 saturated carbocycles. The second-order valence-electron chi connectivity index (χ2n) is 7.70. The van der Waals surface area contributed by atoms with Crippen LogP contribution in [-0.2, 0) is 9.59 Å². The number of unbranched alkanes of at least 4 members (excludes halogenated alkanes) is 10. The summed E-state index contributed by atoms with van der Waals surface area (Å²) in [4.78, 5) is 25.1. The molecule has 0 heterocycles. The van der Waals surface area contributed by atoms with Gasteiger partial charge in [-0.05, 0) is 27.2 Å². The van der Waals surface area contributed by atoms with Gasteiger partial charge in [0.2, 0.25) is 5.78 Å². The van der Waals surface area contributed by atoms with E-state index in [9.17, 15) is 9.59 Å². The fourth-order valence-electron chi connectivity index (χ4n) is 3.39. The van der Waals surface area contributed by atoms with E-state index in [-0.39, 0.29) is 17.2 Å². The molecule has 0 radical (unpaired) electrons. The minimum atomic E-state index is -0.358. The zero-order valence-corrected chi connectivity index (χ0v) is 17.0. The van der Waals surface area contributed by atoms with Gasteiger partial charge in [-0.3, -0.25) is 9.59 Å². The van der Waals surface area contributed by atoms with E-state index in [1.807, 2.05) is 6.92 Å². The summed E-state index contributed by atoms with van der Waals surface area (Å²) < 4.78 is 0. The molecule has 0 aromatic rings. The number of carbonyl (C=O) groups excluding carboxylic acids is 2. The second kappa shape index (κ2) is 13.4. The Morgan fingerprint density at radius 1 is 0.750 bits per heavy atom. The first-order valence-corrected chi connectivity index (χ1v) is 10.2. The van der Waals surface area contributed by atoms with Crippen LogP contribution >= 0.6 is 0 Å². The Bertz CT molecular complexity index is 350. The van der Waals surface area contributed by atoms with Gasteiger partial charge < -0.3 is 4.90 Å². The summed E-state index contributed by atoms with van der Waals surface area (Å²) in [6.07, 6.45) is 15.6. The van der Waals surface area contributed by atoms with E-state index in [4.69, 9.17) is 0 Å². The predicted molar refractivity (Wildman–Crippen MR) is 103 cm³/mol. The van der Waals surface area contributed by atoms with E-state index in [2.05, 4.69) is 20.8 Å². The Kier molecular flexibility index (Phi) is 13.0. The molecule has 0 aliphatic carbocycles. The largest absolute Gasteiger partial charge is 0.331 e. The predicted octanol–water partition coefficient (Wildman–Crippen LogP) is 5.90. The lowest BCUT2D eigenvalue weighted by Crippen LogP contribution is -2.49. The molecule has 0 N–H and O–H groups in total. The molecule has 0 aliphatic heterocycles. The third kappa shape index (κ3) is 10.1. The first kappa shape index (κ1) is 23.1. The van der Waals surface area contributed by atoms with Gasteiger partial charge in [0.1, 0.15) is 0 Å². The lowest BCUT2D eigenvalue weighted by Gasteiger charge is -2.37. The number of hydrogen-bond donors (Lipinski definition) is 0. The minimum absolute atomic E-state index is 0.225. The van der Waals surface area contributed by atoms with Crippen LogP contribution in [0.2, 0.25) is 0 Å². The maximum atomic E-state index is 12.0. The van der Waals surface area contributed by atoms with Gasteiger partial charge in [-0.2, -0.15) is 0 Å². The number of nitrogens with zero attached hydrogens (tertiary/aromatic N) is 1. The van der Waals surface area contributed by atoms with Crippen molar-refractivity contribution in [3.05, 3.63) is 0 Å². The molecule has 142 valence electrons. The molecule has 0 atom stereocenters. The fraction of sp³-hybridized carbons (Fsp3) is 0.905. The van der Waals surface area contributed by atoms with E-state index < -0.39 is 0 Å². The number of ketones is 1. The van der Waals surface area contributed by atoms with Crippen molar-refractivity contribution in [2.24, 2.45) is 0 Å². The van der Waals surface area contributed by atoms with Crippen molar-refractivity contribution in [2.75, 3.05) is 6.54 Å². The van der Waals surface area contributed by atoms with Crippen LogP contribution in [0, 0.1) is 0 Å². The molecule has 0 aromatic carbocycles.